The molecule has 1 amide bonds. The van der Waals surface area contributed by atoms with E-state index in [-0.39, 0.29) is 11.9 Å². The van der Waals surface area contributed by atoms with Crippen LogP contribution in [0.15, 0.2) is 79.1 Å². The van der Waals surface area contributed by atoms with Crippen LogP contribution >= 0.6 is 0 Å². The number of nitrogens with one attached hydrogen (secondary N) is 1. The molecule has 1 aliphatic rings. The summed E-state index contributed by atoms with van der Waals surface area (Å²) < 4.78 is 8.05. The highest BCUT2D eigenvalue weighted by Crippen LogP contribution is 2.21. The molecule has 0 bridgehead atoms. The number of pyridine rings is 1. The average Bonchev–Trinajstić information content (AvgIpc) is 3.32. The molecular formula is C29H32N4O2. The number of aryl methyl sites for hydroxylation is 1. The summed E-state index contributed by atoms with van der Waals surface area (Å²) in [5.74, 6) is 0.508. The second-order valence-corrected chi connectivity index (χ2v) is 9.26. The number of likely N-dealkylation sites (tertiary alicyclic amines) is 1. The maximum atomic E-state index is 13.1. The first-order valence-electron chi connectivity index (χ1n) is 12.4. The first-order valence-corrected chi connectivity index (χ1v) is 12.4. The molecule has 2 aromatic carbocycles. The summed E-state index contributed by atoms with van der Waals surface area (Å²) in [6.45, 7) is 5.42. The van der Waals surface area contributed by atoms with Crippen LogP contribution in [0, 0.1) is 6.92 Å². The molecule has 0 atom stereocenters. The minimum absolute atomic E-state index is 0.0748. The van der Waals surface area contributed by atoms with Crippen molar-refractivity contribution in [3.8, 4) is 5.75 Å². The molecule has 6 nitrogen and oxygen atoms in total. The fourth-order valence-corrected chi connectivity index (χ4v) is 4.70. The number of imidazole rings is 1. The Labute approximate surface area is 206 Å². The Kier molecular flexibility index (Phi) is 7.09. The van der Waals surface area contributed by atoms with Crippen molar-refractivity contribution >= 4 is 11.6 Å². The van der Waals surface area contributed by atoms with Crippen molar-refractivity contribution in [2.75, 3.05) is 19.6 Å². The number of carbonyl (C=O) groups excluding carboxylic acids is 1. The van der Waals surface area contributed by atoms with Crippen molar-refractivity contribution in [1.82, 2.24) is 19.6 Å². The Morgan fingerprint density at radius 1 is 1.03 bits per heavy atom. The van der Waals surface area contributed by atoms with E-state index >= 15 is 0 Å². The van der Waals surface area contributed by atoms with Crippen LogP contribution in [-0.2, 0) is 13.0 Å². The molecule has 2 aromatic heterocycles. The van der Waals surface area contributed by atoms with Gasteiger partial charge in [0.05, 0.1) is 11.3 Å². The highest BCUT2D eigenvalue weighted by molar-refractivity contribution is 5.97. The molecule has 0 radical (unpaired) electrons. The van der Waals surface area contributed by atoms with Gasteiger partial charge in [-0.15, -0.1) is 0 Å². The normalized spacial score (nSPS) is 14.8. The van der Waals surface area contributed by atoms with Crippen molar-refractivity contribution < 1.29 is 9.53 Å². The van der Waals surface area contributed by atoms with Crippen molar-refractivity contribution in [3.05, 3.63) is 102 Å². The number of carbonyl (C=O) groups is 1. The summed E-state index contributed by atoms with van der Waals surface area (Å²) in [6.07, 6.45) is 6.94. The van der Waals surface area contributed by atoms with Gasteiger partial charge in [-0.1, -0.05) is 48.5 Å². The first kappa shape index (κ1) is 23.1. The predicted molar refractivity (Wildman–Crippen MR) is 138 cm³/mol. The van der Waals surface area contributed by atoms with Gasteiger partial charge < -0.3 is 19.4 Å². The van der Waals surface area contributed by atoms with E-state index in [1.807, 2.05) is 60.1 Å². The number of para-hydroxylation sites is 1. The smallest absolute Gasteiger partial charge is 0.255 e. The molecule has 180 valence electrons. The molecule has 35 heavy (non-hydrogen) atoms. The highest BCUT2D eigenvalue weighted by Gasteiger charge is 2.22. The minimum Gasteiger partial charge on any atom is -0.486 e. The molecule has 4 aromatic rings. The van der Waals surface area contributed by atoms with Gasteiger partial charge >= 0.3 is 0 Å². The number of aromatic nitrogens is 2. The van der Waals surface area contributed by atoms with Crippen LogP contribution in [0.2, 0.25) is 0 Å². The molecular weight excluding hydrogens is 436 g/mol. The van der Waals surface area contributed by atoms with E-state index in [2.05, 4.69) is 45.5 Å². The number of amides is 1. The fraction of sp³-hybridized carbons (Fsp3) is 0.310. The quantitative estimate of drug-likeness (QED) is 0.409. The molecule has 3 heterocycles. The lowest BCUT2D eigenvalue weighted by molar-refractivity contribution is 0.0907. The maximum absolute atomic E-state index is 13.1. The number of rotatable bonds is 8. The molecule has 5 rings (SSSR count). The molecule has 6 heteroatoms. The first-order chi connectivity index (χ1) is 17.2. The van der Waals surface area contributed by atoms with Crippen molar-refractivity contribution in [2.45, 2.75) is 38.8 Å². The van der Waals surface area contributed by atoms with Gasteiger partial charge in [-0.3, -0.25) is 4.79 Å². The van der Waals surface area contributed by atoms with E-state index in [4.69, 9.17) is 4.74 Å². The third-order valence-corrected chi connectivity index (χ3v) is 6.72. The Morgan fingerprint density at radius 2 is 1.80 bits per heavy atom. The summed E-state index contributed by atoms with van der Waals surface area (Å²) >= 11 is 0. The molecule has 1 fully saturated rings. The van der Waals surface area contributed by atoms with E-state index < -0.39 is 0 Å². The topological polar surface area (TPSA) is 58.9 Å². The van der Waals surface area contributed by atoms with Crippen LogP contribution < -0.4 is 10.1 Å². The van der Waals surface area contributed by atoms with Gasteiger partial charge in [0, 0.05) is 38.1 Å². The van der Waals surface area contributed by atoms with Gasteiger partial charge in [0.25, 0.3) is 5.91 Å². The number of piperidine rings is 1. The molecule has 0 unspecified atom stereocenters. The Balaban J connectivity index is 1.14. The van der Waals surface area contributed by atoms with Crippen LogP contribution in [0.4, 0.5) is 0 Å². The summed E-state index contributed by atoms with van der Waals surface area (Å²) in [7, 11) is 0. The maximum Gasteiger partial charge on any atom is 0.255 e. The summed E-state index contributed by atoms with van der Waals surface area (Å²) in [5.41, 5.74) is 4.81. The number of ether oxygens (including phenoxy) is 1. The molecule has 0 saturated carbocycles. The zero-order chi connectivity index (χ0) is 24.0. The predicted octanol–water partition coefficient (Wildman–Crippen LogP) is 4.66. The lowest BCUT2D eigenvalue weighted by Crippen LogP contribution is -2.45. The number of benzene rings is 2. The second-order valence-electron chi connectivity index (χ2n) is 9.26. The SMILES string of the molecule is Cc1cccn2cc(COc3ccccc3C(=O)NC3CCN(CCc4ccccc4)CC3)nc12. The zero-order valence-corrected chi connectivity index (χ0v) is 20.2. The van der Waals surface area contributed by atoms with Crippen LogP contribution in [-0.4, -0.2) is 45.9 Å². The van der Waals surface area contributed by atoms with E-state index in [0.717, 1.165) is 55.8 Å². The molecule has 1 aliphatic heterocycles. The zero-order valence-electron chi connectivity index (χ0n) is 20.2. The van der Waals surface area contributed by atoms with E-state index in [1.165, 1.54) is 5.56 Å². The standard InChI is InChI=1S/C29H32N4O2/c1-22-8-7-16-33-20-25(30-28(22)33)21-35-27-12-6-5-11-26(27)29(34)31-24-14-18-32(19-15-24)17-13-23-9-3-2-4-10-23/h2-12,16,20,24H,13-15,17-19,21H2,1H3,(H,31,34). The van der Waals surface area contributed by atoms with Gasteiger partial charge in [-0.25, -0.2) is 4.98 Å². The lowest BCUT2D eigenvalue weighted by atomic mass is 10.0. The molecule has 0 aliphatic carbocycles. The van der Waals surface area contributed by atoms with Crippen LogP contribution in [0.25, 0.3) is 5.65 Å². The highest BCUT2D eigenvalue weighted by atomic mass is 16.5. The average molecular weight is 469 g/mol. The van der Waals surface area contributed by atoms with Gasteiger partial charge in [-0.2, -0.15) is 0 Å². The number of hydrogen-bond acceptors (Lipinski definition) is 4. The molecule has 0 spiro atoms. The van der Waals surface area contributed by atoms with Gasteiger partial charge in [0.1, 0.15) is 18.0 Å². The van der Waals surface area contributed by atoms with E-state index in [1.54, 1.807) is 0 Å². The minimum atomic E-state index is -0.0748. The van der Waals surface area contributed by atoms with Crippen molar-refractivity contribution in [1.29, 1.82) is 0 Å². The monoisotopic (exact) mass is 468 g/mol. The fourth-order valence-electron chi connectivity index (χ4n) is 4.70. The van der Waals surface area contributed by atoms with Gasteiger partial charge in [0.15, 0.2) is 0 Å². The lowest BCUT2D eigenvalue weighted by Gasteiger charge is -2.32. The number of nitrogens with zero attached hydrogens (tertiary/aromatic N) is 3. The Hall–Kier alpha value is -3.64. The van der Waals surface area contributed by atoms with Crippen LogP contribution in [0.5, 0.6) is 5.75 Å². The van der Waals surface area contributed by atoms with Gasteiger partial charge in [-0.05, 0) is 55.5 Å². The third kappa shape index (κ3) is 5.72. The molecule has 1 saturated heterocycles. The Morgan fingerprint density at radius 3 is 2.60 bits per heavy atom. The van der Waals surface area contributed by atoms with Crippen LogP contribution in [0.3, 0.4) is 0 Å². The Bertz CT molecular complexity index is 1280. The summed E-state index contributed by atoms with van der Waals surface area (Å²) in [4.78, 5) is 20.3. The van der Waals surface area contributed by atoms with Crippen molar-refractivity contribution in [2.24, 2.45) is 0 Å². The second kappa shape index (κ2) is 10.7. The van der Waals surface area contributed by atoms with E-state index in [0.29, 0.717) is 17.9 Å². The largest absolute Gasteiger partial charge is 0.486 e. The summed E-state index contributed by atoms with van der Waals surface area (Å²) in [5, 5.41) is 3.23. The third-order valence-electron chi connectivity index (χ3n) is 6.72. The summed E-state index contributed by atoms with van der Waals surface area (Å²) in [6, 6.07) is 22.3. The van der Waals surface area contributed by atoms with Crippen molar-refractivity contribution in [3.63, 3.8) is 0 Å². The van der Waals surface area contributed by atoms with Crippen LogP contribution in [0.1, 0.15) is 40.0 Å². The number of hydrogen-bond donors (Lipinski definition) is 1. The van der Waals surface area contributed by atoms with E-state index in [9.17, 15) is 4.79 Å². The number of fused-ring (bicyclic) bond motifs is 1. The molecule has 1 N–H and O–H groups in total. The van der Waals surface area contributed by atoms with Gasteiger partial charge in [0.2, 0.25) is 0 Å².